The average molecular weight is 231 g/mol. The van der Waals surface area contributed by atoms with Crippen molar-refractivity contribution in [2.45, 2.75) is 48.7 Å². The molecule has 2 heteroatoms. The lowest BCUT2D eigenvalue weighted by Crippen LogP contribution is -2.14. The zero-order valence-electron chi connectivity index (χ0n) is 9.65. The summed E-state index contributed by atoms with van der Waals surface area (Å²) in [7, 11) is 0. The van der Waals surface area contributed by atoms with E-state index in [0.29, 0.717) is 5.25 Å². The van der Waals surface area contributed by atoms with Crippen LogP contribution in [0.5, 0.6) is 0 Å². The van der Waals surface area contributed by atoms with Crippen molar-refractivity contribution < 1.29 is 0 Å². The van der Waals surface area contributed by atoms with E-state index in [1.807, 2.05) is 17.8 Å². The molecular weight excluding hydrogens is 214 g/mol. The van der Waals surface area contributed by atoms with Gasteiger partial charge in [0.2, 0.25) is 0 Å². The van der Waals surface area contributed by atoms with E-state index in [9.17, 15) is 5.26 Å². The molecule has 0 aromatic heterocycles. The van der Waals surface area contributed by atoms with Gasteiger partial charge in [-0.25, -0.2) is 0 Å². The predicted octanol–water partition coefficient (Wildman–Crippen LogP) is 4.35. The number of hydrogen-bond donors (Lipinski definition) is 0. The fraction of sp³-hybridized carbons (Fsp3) is 0.500. The number of hydrogen-bond acceptors (Lipinski definition) is 2. The maximum Gasteiger partial charge on any atom is 0.0734 e. The normalized spacial score (nSPS) is 23.5. The van der Waals surface area contributed by atoms with Gasteiger partial charge in [0.1, 0.15) is 0 Å². The Kier molecular flexibility index (Phi) is 3.90. The minimum Gasteiger partial charge on any atom is -0.198 e. The van der Waals surface area contributed by atoms with Crippen LogP contribution in [0.2, 0.25) is 0 Å². The molecule has 0 spiro atoms. The third kappa shape index (κ3) is 2.41. The lowest BCUT2D eigenvalue weighted by molar-refractivity contribution is 0.608. The standard InChI is InChI=1S/C14H17NS/c1-2-3-6-12-9-11(10-15)13-7-4-5-8-14(13)16-12/h4-5,7-8,11-12H,2-3,6,9H2,1H3. The van der Waals surface area contributed by atoms with Crippen LogP contribution in [0.15, 0.2) is 29.2 Å². The highest BCUT2D eigenvalue weighted by Crippen LogP contribution is 2.43. The van der Waals surface area contributed by atoms with Crippen molar-refractivity contribution in [3.63, 3.8) is 0 Å². The van der Waals surface area contributed by atoms with Crippen LogP contribution in [-0.2, 0) is 0 Å². The Labute approximate surface area is 102 Å². The predicted molar refractivity (Wildman–Crippen MR) is 68.6 cm³/mol. The van der Waals surface area contributed by atoms with E-state index in [1.165, 1.54) is 29.7 Å². The summed E-state index contributed by atoms with van der Waals surface area (Å²) in [6.07, 6.45) is 4.79. The van der Waals surface area contributed by atoms with Crippen molar-refractivity contribution >= 4 is 11.8 Å². The molecule has 1 heterocycles. The first-order valence-corrected chi connectivity index (χ1v) is 6.88. The van der Waals surface area contributed by atoms with Gasteiger partial charge >= 0.3 is 0 Å². The Morgan fingerprint density at radius 1 is 1.44 bits per heavy atom. The van der Waals surface area contributed by atoms with Crippen molar-refractivity contribution in [2.24, 2.45) is 0 Å². The highest BCUT2D eigenvalue weighted by Gasteiger charge is 2.26. The van der Waals surface area contributed by atoms with Gasteiger partial charge in [-0.3, -0.25) is 0 Å². The van der Waals surface area contributed by atoms with Gasteiger partial charge in [0.15, 0.2) is 0 Å². The zero-order valence-corrected chi connectivity index (χ0v) is 10.5. The molecule has 84 valence electrons. The largest absolute Gasteiger partial charge is 0.198 e. The van der Waals surface area contributed by atoms with Gasteiger partial charge in [0.05, 0.1) is 12.0 Å². The van der Waals surface area contributed by atoms with Crippen LogP contribution in [-0.4, -0.2) is 5.25 Å². The molecule has 2 unspecified atom stereocenters. The second kappa shape index (κ2) is 5.41. The summed E-state index contributed by atoms with van der Waals surface area (Å²) >= 11 is 1.96. The first-order valence-electron chi connectivity index (χ1n) is 6.00. The van der Waals surface area contributed by atoms with Crippen molar-refractivity contribution in [2.75, 3.05) is 0 Å². The van der Waals surface area contributed by atoms with Gasteiger partial charge in [0, 0.05) is 10.1 Å². The van der Waals surface area contributed by atoms with Crippen LogP contribution in [0.4, 0.5) is 0 Å². The van der Waals surface area contributed by atoms with Crippen LogP contribution >= 0.6 is 11.8 Å². The minimum absolute atomic E-state index is 0.110. The second-order valence-electron chi connectivity index (χ2n) is 4.34. The van der Waals surface area contributed by atoms with Crippen molar-refractivity contribution in [1.82, 2.24) is 0 Å². The molecule has 0 aliphatic carbocycles. The molecule has 0 N–H and O–H groups in total. The maximum atomic E-state index is 9.22. The quantitative estimate of drug-likeness (QED) is 0.772. The van der Waals surface area contributed by atoms with Gasteiger partial charge in [0.25, 0.3) is 0 Å². The van der Waals surface area contributed by atoms with Crippen LogP contribution in [0.3, 0.4) is 0 Å². The Hall–Kier alpha value is -0.940. The summed E-state index contributed by atoms with van der Waals surface area (Å²) in [5.74, 6) is 0.110. The van der Waals surface area contributed by atoms with Gasteiger partial charge in [-0.15, -0.1) is 11.8 Å². The molecule has 2 atom stereocenters. The Morgan fingerprint density at radius 2 is 2.25 bits per heavy atom. The maximum absolute atomic E-state index is 9.22. The number of thioether (sulfide) groups is 1. The summed E-state index contributed by atoms with van der Waals surface area (Å²) in [6.45, 7) is 2.23. The van der Waals surface area contributed by atoms with E-state index in [2.05, 4.69) is 31.2 Å². The fourth-order valence-corrected chi connectivity index (χ4v) is 3.66. The molecule has 0 amide bonds. The van der Waals surface area contributed by atoms with E-state index >= 15 is 0 Å². The van der Waals surface area contributed by atoms with Crippen molar-refractivity contribution in [3.8, 4) is 6.07 Å². The molecule has 0 saturated heterocycles. The lowest BCUT2D eigenvalue weighted by Gasteiger charge is -2.27. The second-order valence-corrected chi connectivity index (χ2v) is 5.68. The van der Waals surface area contributed by atoms with Crippen LogP contribution in [0.25, 0.3) is 0 Å². The zero-order chi connectivity index (χ0) is 11.4. The molecule has 1 aromatic rings. The van der Waals surface area contributed by atoms with Crippen molar-refractivity contribution in [3.05, 3.63) is 29.8 Å². The van der Waals surface area contributed by atoms with Crippen molar-refractivity contribution in [1.29, 1.82) is 5.26 Å². The highest BCUT2D eigenvalue weighted by atomic mass is 32.2. The summed E-state index contributed by atoms with van der Waals surface area (Å²) in [5, 5.41) is 9.86. The van der Waals surface area contributed by atoms with E-state index in [-0.39, 0.29) is 5.92 Å². The molecule has 16 heavy (non-hydrogen) atoms. The molecule has 1 aliphatic rings. The molecule has 1 aliphatic heterocycles. The van der Waals surface area contributed by atoms with Crippen LogP contribution in [0, 0.1) is 11.3 Å². The van der Waals surface area contributed by atoms with E-state index in [1.54, 1.807) is 0 Å². The number of unbranched alkanes of at least 4 members (excludes halogenated alkanes) is 1. The smallest absolute Gasteiger partial charge is 0.0734 e. The summed E-state index contributed by atoms with van der Waals surface area (Å²) in [5.41, 5.74) is 1.24. The third-order valence-electron chi connectivity index (χ3n) is 3.12. The van der Waals surface area contributed by atoms with Gasteiger partial charge in [-0.1, -0.05) is 38.0 Å². The summed E-state index contributed by atoms with van der Waals surface area (Å²) in [4.78, 5) is 1.32. The average Bonchev–Trinajstić information content (AvgIpc) is 2.35. The first-order chi connectivity index (χ1) is 7.85. The molecule has 1 aromatic carbocycles. The molecule has 0 fully saturated rings. The Morgan fingerprint density at radius 3 is 3.00 bits per heavy atom. The monoisotopic (exact) mass is 231 g/mol. The van der Waals surface area contributed by atoms with E-state index in [0.717, 1.165) is 6.42 Å². The molecule has 2 rings (SSSR count). The number of nitriles is 1. The van der Waals surface area contributed by atoms with E-state index < -0.39 is 0 Å². The minimum atomic E-state index is 0.110. The molecule has 1 nitrogen and oxygen atoms in total. The van der Waals surface area contributed by atoms with Gasteiger partial charge in [-0.2, -0.15) is 5.26 Å². The topological polar surface area (TPSA) is 23.8 Å². The Bertz CT molecular complexity index is 394. The fourth-order valence-electron chi connectivity index (χ4n) is 2.22. The van der Waals surface area contributed by atoms with Gasteiger partial charge in [-0.05, 0) is 24.5 Å². The highest BCUT2D eigenvalue weighted by molar-refractivity contribution is 8.00. The number of fused-ring (bicyclic) bond motifs is 1. The van der Waals surface area contributed by atoms with E-state index in [4.69, 9.17) is 0 Å². The number of rotatable bonds is 3. The molecule has 0 bridgehead atoms. The molecule has 0 saturated carbocycles. The molecular formula is C14H17NS. The third-order valence-corrected chi connectivity index (χ3v) is 4.51. The first kappa shape index (κ1) is 11.5. The summed E-state index contributed by atoms with van der Waals surface area (Å²) < 4.78 is 0. The molecule has 0 radical (unpaired) electrons. The Balaban J connectivity index is 2.16. The SMILES string of the molecule is CCCCC1CC(C#N)c2ccccc2S1. The van der Waals surface area contributed by atoms with Crippen LogP contribution in [0.1, 0.15) is 44.1 Å². The lowest BCUT2D eigenvalue weighted by atomic mass is 9.93. The van der Waals surface area contributed by atoms with Crippen LogP contribution < -0.4 is 0 Å². The summed E-state index contributed by atoms with van der Waals surface area (Å²) in [6, 6.07) is 10.8. The number of benzene rings is 1. The number of nitrogens with zero attached hydrogens (tertiary/aromatic N) is 1. The van der Waals surface area contributed by atoms with Gasteiger partial charge < -0.3 is 0 Å².